The molecule has 1 aliphatic heterocycles. The van der Waals surface area contributed by atoms with Crippen LogP contribution >= 0.6 is 12.4 Å². The summed E-state index contributed by atoms with van der Waals surface area (Å²) in [6.45, 7) is 1.59. The lowest BCUT2D eigenvalue weighted by molar-refractivity contribution is 0.491. The Morgan fingerprint density at radius 2 is 2.04 bits per heavy atom. The number of benzene rings is 1. The highest BCUT2D eigenvalue weighted by molar-refractivity contribution is 5.85. The lowest BCUT2D eigenvalue weighted by Gasteiger charge is -2.34. The van der Waals surface area contributed by atoms with Gasteiger partial charge in [-0.25, -0.2) is 4.79 Å². The van der Waals surface area contributed by atoms with Crippen LogP contribution in [0.4, 0.5) is 5.82 Å². The van der Waals surface area contributed by atoms with Crippen LogP contribution in [0, 0.1) is 11.3 Å². The molecule has 3 rings (SSSR count). The van der Waals surface area contributed by atoms with Crippen molar-refractivity contribution in [2.45, 2.75) is 25.4 Å². The number of halogens is 1. The molecule has 0 unspecified atom stereocenters. The highest BCUT2D eigenvalue weighted by Crippen LogP contribution is 2.19. The minimum Gasteiger partial charge on any atom is -0.356 e. The van der Waals surface area contributed by atoms with E-state index in [-0.39, 0.29) is 30.6 Å². The second-order valence-corrected chi connectivity index (χ2v) is 6.39. The summed E-state index contributed by atoms with van der Waals surface area (Å²) in [5.74, 6) is 0.566. The number of nitriles is 1. The van der Waals surface area contributed by atoms with E-state index in [0.717, 1.165) is 29.5 Å². The summed E-state index contributed by atoms with van der Waals surface area (Å²) in [6.07, 6.45) is 1.85. The van der Waals surface area contributed by atoms with Crippen molar-refractivity contribution in [3.05, 3.63) is 62.3 Å². The number of aromatic nitrogens is 2. The van der Waals surface area contributed by atoms with Crippen LogP contribution in [0.5, 0.6) is 0 Å². The summed E-state index contributed by atoms with van der Waals surface area (Å²) in [7, 11) is 1.46. The zero-order valence-electron chi connectivity index (χ0n) is 14.6. The van der Waals surface area contributed by atoms with Crippen LogP contribution in [0.15, 0.2) is 39.9 Å². The van der Waals surface area contributed by atoms with Crippen LogP contribution in [0.25, 0.3) is 0 Å². The Morgan fingerprint density at radius 3 is 2.73 bits per heavy atom. The fraction of sp³-hybridized carbons (Fsp3) is 0.389. The van der Waals surface area contributed by atoms with E-state index in [0.29, 0.717) is 17.9 Å². The van der Waals surface area contributed by atoms with Gasteiger partial charge in [0, 0.05) is 32.2 Å². The Kier molecular flexibility index (Phi) is 6.24. The van der Waals surface area contributed by atoms with Crippen molar-refractivity contribution >= 4 is 18.2 Å². The van der Waals surface area contributed by atoms with Crippen molar-refractivity contribution in [1.29, 1.82) is 5.26 Å². The first-order valence-corrected chi connectivity index (χ1v) is 8.30. The molecule has 0 aliphatic carbocycles. The van der Waals surface area contributed by atoms with E-state index >= 15 is 0 Å². The van der Waals surface area contributed by atoms with Gasteiger partial charge >= 0.3 is 5.69 Å². The normalized spacial score (nSPS) is 16.7. The van der Waals surface area contributed by atoms with Gasteiger partial charge in [0.05, 0.1) is 18.2 Å². The minimum absolute atomic E-state index is 0. The summed E-state index contributed by atoms with van der Waals surface area (Å²) in [4.78, 5) is 26.9. The molecular formula is C18H22ClN5O2. The minimum atomic E-state index is -0.394. The second kappa shape index (κ2) is 8.21. The Morgan fingerprint density at radius 1 is 1.31 bits per heavy atom. The highest BCUT2D eigenvalue weighted by atomic mass is 35.5. The Bertz CT molecular complexity index is 944. The lowest BCUT2D eigenvalue weighted by atomic mass is 10.1. The number of piperidine rings is 1. The molecule has 2 aromatic rings. The van der Waals surface area contributed by atoms with E-state index in [9.17, 15) is 14.9 Å². The molecule has 26 heavy (non-hydrogen) atoms. The first-order chi connectivity index (χ1) is 12.0. The van der Waals surface area contributed by atoms with E-state index in [4.69, 9.17) is 5.73 Å². The maximum absolute atomic E-state index is 12.7. The molecule has 1 aromatic heterocycles. The standard InChI is InChI=1S/C18H21N5O2.ClH/c1-21-17(24)9-16(22-8-4-7-15(20)12-22)23(18(21)25)11-14-6-3-2-5-13(14)10-19;/h2-3,5-6,9,15H,4,7-8,11-12,20H2,1H3;1H/t15-;/m1./s1. The third kappa shape index (κ3) is 3.82. The number of rotatable bonds is 3. The third-order valence-corrected chi connectivity index (χ3v) is 4.63. The van der Waals surface area contributed by atoms with Crippen LogP contribution < -0.4 is 21.9 Å². The second-order valence-electron chi connectivity index (χ2n) is 6.39. The van der Waals surface area contributed by atoms with E-state index in [2.05, 4.69) is 6.07 Å². The Labute approximate surface area is 157 Å². The van der Waals surface area contributed by atoms with E-state index in [1.54, 1.807) is 16.7 Å². The maximum atomic E-state index is 12.7. The van der Waals surface area contributed by atoms with Crippen LogP contribution in [-0.2, 0) is 13.6 Å². The van der Waals surface area contributed by atoms with E-state index < -0.39 is 5.69 Å². The van der Waals surface area contributed by atoms with Crippen LogP contribution in [0.3, 0.4) is 0 Å². The molecule has 0 bridgehead atoms. The van der Waals surface area contributed by atoms with E-state index in [1.165, 1.54) is 13.1 Å². The van der Waals surface area contributed by atoms with Gasteiger partial charge in [0.25, 0.3) is 5.56 Å². The van der Waals surface area contributed by atoms with Crippen LogP contribution in [0.2, 0.25) is 0 Å². The largest absolute Gasteiger partial charge is 0.356 e. The van der Waals surface area contributed by atoms with E-state index in [1.807, 2.05) is 17.0 Å². The lowest BCUT2D eigenvalue weighted by Crippen LogP contribution is -2.47. The molecular weight excluding hydrogens is 354 g/mol. The summed E-state index contributed by atoms with van der Waals surface area (Å²) >= 11 is 0. The number of anilines is 1. The summed E-state index contributed by atoms with van der Waals surface area (Å²) in [5.41, 5.74) is 6.59. The summed E-state index contributed by atoms with van der Waals surface area (Å²) in [6, 6.07) is 10.8. The van der Waals surface area contributed by atoms with Crippen molar-refractivity contribution in [3.63, 3.8) is 0 Å². The monoisotopic (exact) mass is 375 g/mol. The predicted molar refractivity (Wildman–Crippen MR) is 103 cm³/mol. The molecule has 1 fully saturated rings. The van der Waals surface area contributed by atoms with Crippen molar-refractivity contribution in [2.24, 2.45) is 12.8 Å². The van der Waals surface area contributed by atoms with Gasteiger partial charge in [-0.05, 0) is 24.5 Å². The first-order valence-electron chi connectivity index (χ1n) is 8.30. The molecule has 1 atom stereocenters. The molecule has 138 valence electrons. The van der Waals surface area contributed by atoms with Crippen molar-refractivity contribution < 1.29 is 0 Å². The van der Waals surface area contributed by atoms with Crippen LogP contribution in [-0.4, -0.2) is 28.3 Å². The van der Waals surface area contributed by atoms with Gasteiger partial charge < -0.3 is 10.6 Å². The van der Waals surface area contributed by atoms with Gasteiger partial charge in [-0.15, -0.1) is 12.4 Å². The molecule has 0 spiro atoms. The molecule has 8 heteroatoms. The van der Waals surface area contributed by atoms with Gasteiger partial charge in [-0.2, -0.15) is 5.26 Å². The average molecular weight is 376 g/mol. The van der Waals surface area contributed by atoms with Crippen molar-refractivity contribution in [2.75, 3.05) is 18.0 Å². The zero-order valence-corrected chi connectivity index (χ0v) is 15.4. The summed E-state index contributed by atoms with van der Waals surface area (Å²) in [5, 5.41) is 9.30. The maximum Gasteiger partial charge on any atom is 0.332 e. The third-order valence-electron chi connectivity index (χ3n) is 4.63. The van der Waals surface area contributed by atoms with Gasteiger partial charge in [0.1, 0.15) is 5.82 Å². The number of nitrogens with two attached hydrogens (primary N) is 1. The molecule has 2 N–H and O–H groups in total. The average Bonchev–Trinajstić information content (AvgIpc) is 2.62. The fourth-order valence-corrected chi connectivity index (χ4v) is 3.22. The number of hydrogen-bond acceptors (Lipinski definition) is 5. The first kappa shape index (κ1) is 19.8. The molecule has 2 heterocycles. The quantitative estimate of drug-likeness (QED) is 0.856. The van der Waals surface area contributed by atoms with Gasteiger partial charge in [-0.1, -0.05) is 18.2 Å². The summed E-state index contributed by atoms with van der Waals surface area (Å²) < 4.78 is 2.64. The molecule has 1 saturated heterocycles. The molecule has 0 radical (unpaired) electrons. The highest BCUT2D eigenvalue weighted by Gasteiger charge is 2.22. The number of hydrogen-bond donors (Lipinski definition) is 1. The topological polar surface area (TPSA) is 97.1 Å². The fourth-order valence-electron chi connectivity index (χ4n) is 3.22. The molecule has 0 saturated carbocycles. The molecule has 1 aromatic carbocycles. The number of nitrogens with zero attached hydrogens (tertiary/aromatic N) is 4. The zero-order chi connectivity index (χ0) is 18.0. The predicted octanol–water partition coefficient (Wildman–Crippen LogP) is 0.816. The molecule has 1 aliphatic rings. The Hall–Kier alpha value is -2.56. The van der Waals surface area contributed by atoms with Gasteiger partial charge in [-0.3, -0.25) is 13.9 Å². The SMILES string of the molecule is Cl.Cn1c(=O)cc(N2CCC[C@@H](N)C2)n(Cc2ccccc2C#N)c1=O. The van der Waals surface area contributed by atoms with Crippen molar-refractivity contribution in [3.8, 4) is 6.07 Å². The molecule has 0 amide bonds. The smallest absolute Gasteiger partial charge is 0.332 e. The molecule has 7 nitrogen and oxygen atoms in total. The Balaban J connectivity index is 0.00000243. The van der Waals surface area contributed by atoms with Crippen LogP contribution in [0.1, 0.15) is 24.0 Å². The van der Waals surface area contributed by atoms with Gasteiger partial charge in [0.2, 0.25) is 0 Å². The van der Waals surface area contributed by atoms with Gasteiger partial charge in [0.15, 0.2) is 0 Å². The van der Waals surface area contributed by atoms with Crippen molar-refractivity contribution in [1.82, 2.24) is 9.13 Å².